The molecule has 0 bridgehead atoms. The minimum absolute atomic E-state index is 0.0468. The minimum Gasteiger partial charge on any atom is -0.439 e. The fraction of sp³-hybridized carbons (Fsp3) is 0.0588. The van der Waals surface area contributed by atoms with Crippen LogP contribution in [0.2, 0.25) is 5.02 Å². The van der Waals surface area contributed by atoms with Crippen LogP contribution in [0, 0.1) is 0 Å². The van der Waals surface area contributed by atoms with Crippen LogP contribution < -0.4 is 4.74 Å². The number of nitrogens with zero attached hydrogens (tertiary/aromatic N) is 2. The lowest BCUT2D eigenvalue weighted by molar-refractivity contribution is -0.137. The second-order valence-corrected chi connectivity index (χ2v) is 5.29. The highest BCUT2D eigenvalue weighted by molar-refractivity contribution is 6.30. The average molecular weight is 351 g/mol. The van der Waals surface area contributed by atoms with Crippen molar-refractivity contribution < 1.29 is 17.9 Å². The molecule has 3 rings (SSSR count). The van der Waals surface area contributed by atoms with Gasteiger partial charge in [0.05, 0.1) is 5.56 Å². The summed E-state index contributed by atoms with van der Waals surface area (Å²) in [6, 6.07) is 13.0. The molecule has 0 spiro atoms. The summed E-state index contributed by atoms with van der Waals surface area (Å²) in [5.41, 5.74) is -0.0686. The molecule has 7 heteroatoms. The van der Waals surface area contributed by atoms with Crippen LogP contribution in [0.15, 0.2) is 60.8 Å². The van der Waals surface area contributed by atoms with Crippen LogP contribution in [-0.2, 0) is 6.18 Å². The molecule has 122 valence electrons. The second kappa shape index (κ2) is 6.49. The molecule has 1 heterocycles. The van der Waals surface area contributed by atoms with Crippen LogP contribution >= 0.6 is 11.6 Å². The first-order valence-electron chi connectivity index (χ1n) is 6.86. The average Bonchev–Trinajstić information content (AvgIpc) is 2.55. The van der Waals surface area contributed by atoms with E-state index in [2.05, 4.69) is 9.97 Å². The van der Waals surface area contributed by atoms with E-state index in [1.54, 1.807) is 24.3 Å². The fourth-order valence-electron chi connectivity index (χ4n) is 1.99. The molecule has 3 aromatic rings. The van der Waals surface area contributed by atoms with Crippen molar-refractivity contribution in [2.75, 3.05) is 0 Å². The van der Waals surface area contributed by atoms with Crippen molar-refractivity contribution in [3.8, 4) is 23.0 Å². The van der Waals surface area contributed by atoms with E-state index in [1.807, 2.05) is 0 Å². The van der Waals surface area contributed by atoms with Gasteiger partial charge in [-0.1, -0.05) is 17.7 Å². The lowest BCUT2D eigenvalue weighted by Crippen LogP contribution is -2.04. The Labute approximate surface area is 140 Å². The molecule has 0 saturated carbocycles. The van der Waals surface area contributed by atoms with Gasteiger partial charge >= 0.3 is 6.18 Å². The summed E-state index contributed by atoms with van der Waals surface area (Å²) >= 11 is 5.83. The van der Waals surface area contributed by atoms with Gasteiger partial charge in [0.2, 0.25) is 5.88 Å². The molecule has 0 N–H and O–H groups in total. The maximum atomic E-state index is 12.7. The molecule has 0 atom stereocenters. The molecule has 0 aliphatic carbocycles. The van der Waals surface area contributed by atoms with Crippen LogP contribution in [0.25, 0.3) is 11.4 Å². The summed E-state index contributed by atoms with van der Waals surface area (Å²) in [5.74, 6) is 0.580. The Hall–Kier alpha value is -2.60. The number of benzene rings is 2. The molecule has 2 aromatic carbocycles. The van der Waals surface area contributed by atoms with Crippen molar-refractivity contribution in [1.29, 1.82) is 0 Å². The Morgan fingerprint density at radius 1 is 0.958 bits per heavy atom. The SMILES string of the molecule is FC(F)(F)c1cccc(Oc2ccnc(-c3ccc(Cl)cc3)n2)c1. The van der Waals surface area contributed by atoms with Crippen molar-refractivity contribution in [3.63, 3.8) is 0 Å². The fourth-order valence-corrected chi connectivity index (χ4v) is 2.12. The third kappa shape index (κ3) is 3.83. The van der Waals surface area contributed by atoms with E-state index < -0.39 is 11.7 Å². The van der Waals surface area contributed by atoms with Crippen LogP contribution in [0.4, 0.5) is 13.2 Å². The van der Waals surface area contributed by atoms with E-state index in [0.717, 1.165) is 12.1 Å². The summed E-state index contributed by atoms with van der Waals surface area (Å²) < 4.78 is 43.6. The number of hydrogen-bond acceptors (Lipinski definition) is 3. The predicted octanol–water partition coefficient (Wildman–Crippen LogP) is 5.61. The molecule has 0 amide bonds. The molecule has 3 nitrogen and oxygen atoms in total. The zero-order chi connectivity index (χ0) is 17.2. The maximum Gasteiger partial charge on any atom is 0.416 e. The van der Waals surface area contributed by atoms with Gasteiger partial charge in [-0.15, -0.1) is 0 Å². The highest BCUT2D eigenvalue weighted by atomic mass is 35.5. The van der Waals surface area contributed by atoms with Gasteiger partial charge in [0.1, 0.15) is 5.75 Å². The monoisotopic (exact) mass is 350 g/mol. The maximum absolute atomic E-state index is 12.7. The molecule has 0 radical (unpaired) electrons. The largest absolute Gasteiger partial charge is 0.439 e. The van der Waals surface area contributed by atoms with E-state index in [0.29, 0.717) is 16.4 Å². The molecule has 0 saturated heterocycles. The Morgan fingerprint density at radius 3 is 2.42 bits per heavy atom. The standard InChI is InChI=1S/C17H10ClF3N2O/c18-13-6-4-11(5-7-13)16-22-9-8-15(23-16)24-14-3-1-2-12(10-14)17(19,20)21/h1-10H. The Bertz CT molecular complexity index is 851. The molecule has 0 unspecified atom stereocenters. The van der Waals surface area contributed by atoms with E-state index in [9.17, 15) is 13.2 Å². The summed E-state index contributed by atoms with van der Waals surface area (Å²) in [6.45, 7) is 0. The second-order valence-electron chi connectivity index (χ2n) is 4.85. The number of alkyl halides is 3. The predicted molar refractivity (Wildman–Crippen MR) is 84.0 cm³/mol. The molecule has 0 aliphatic rings. The van der Waals surface area contributed by atoms with Crippen molar-refractivity contribution in [2.24, 2.45) is 0 Å². The quantitative estimate of drug-likeness (QED) is 0.616. The zero-order valence-electron chi connectivity index (χ0n) is 12.1. The van der Waals surface area contributed by atoms with Gasteiger partial charge in [0.15, 0.2) is 5.82 Å². The first kappa shape index (κ1) is 16.3. The molecular formula is C17H10ClF3N2O. The number of hydrogen-bond donors (Lipinski definition) is 0. The van der Waals surface area contributed by atoms with Gasteiger partial charge in [0.25, 0.3) is 0 Å². The highest BCUT2D eigenvalue weighted by Crippen LogP contribution is 2.32. The van der Waals surface area contributed by atoms with Crippen molar-refractivity contribution in [1.82, 2.24) is 9.97 Å². The Balaban J connectivity index is 1.86. The summed E-state index contributed by atoms with van der Waals surface area (Å²) in [6.07, 6.45) is -2.96. The first-order valence-corrected chi connectivity index (χ1v) is 7.24. The summed E-state index contributed by atoms with van der Waals surface area (Å²) in [4.78, 5) is 8.33. The van der Waals surface area contributed by atoms with Gasteiger partial charge in [-0.25, -0.2) is 4.98 Å². The Morgan fingerprint density at radius 2 is 1.71 bits per heavy atom. The van der Waals surface area contributed by atoms with Gasteiger partial charge in [0, 0.05) is 22.8 Å². The van der Waals surface area contributed by atoms with E-state index in [4.69, 9.17) is 16.3 Å². The number of halogens is 4. The van der Waals surface area contributed by atoms with E-state index in [1.165, 1.54) is 24.4 Å². The Kier molecular flexibility index (Phi) is 4.40. The summed E-state index contributed by atoms with van der Waals surface area (Å²) in [7, 11) is 0. The van der Waals surface area contributed by atoms with Gasteiger partial charge < -0.3 is 4.74 Å². The van der Waals surface area contributed by atoms with Crippen LogP contribution in [0.1, 0.15) is 5.56 Å². The van der Waals surface area contributed by atoms with Crippen molar-refractivity contribution >= 4 is 11.6 Å². The van der Waals surface area contributed by atoms with Crippen LogP contribution in [-0.4, -0.2) is 9.97 Å². The van der Waals surface area contributed by atoms with Gasteiger partial charge in [-0.05, 0) is 42.5 Å². The van der Waals surface area contributed by atoms with Crippen LogP contribution in [0.5, 0.6) is 11.6 Å². The number of ether oxygens (including phenoxy) is 1. The highest BCUT2D eigenvalue weighted by Gasteiger charge is 2.30. The van der Waals surface area contributed by atoms with E-state index >= 15 is 0 Å². The lowest BCUT2D eigenvalue weighted by atomic mass is 10.2. The molecule has 24 heavy (non-hydrogen) atoms. The van der Waals surface area contributed by atoms with Crippen LogP contribution in [0.3, 0.4) is 0 Å². The van der Waals surface area contributed by atoms with Crippen molar-refractivity contribution in [3.05, 3.63) is 71.4 Å². The number of aromatic nitrogens is 2. The third-order valence-electron chi connectivity index (χ3n) is 3.12. The number of rotatable bonds is 3. The van der Waals surface area contributed by atoms with Crippen molar-refractivity contribution in [2.45, 2.75) is 6.18 Å². The summed E-state index contributed by atoms with van der Waals surface area (Å²) in [5, 5.41) is 0.579. The van der Waals surface area contributed by atoms with E-state index in [-0.39, 0.29) is 11.6 Å². The molecular weight excluding hydrogens is 341 g/mol. The third-order valence-corrected chi connectivity index (χ3v) is 3.37. The lowest BCUT2D eigenvalue weighted by Gasteiger charge is -2.10. The van der Waals surface area contributed by atoms with Gasteiger partial charge in [-0.3, -0.25) is 0 Å². The molecule has 0 aliphatic heterocycles. The minimum atomic E-state index is -4.43. The zero-order valence-corrected chi connectivity index (χ0v) is 12.8. The topological polar surface area (TPSA) is 35.0 Å². The van der Waals surface area contributed by atoms with Gasteiger partial charge in [-0.2, -0.15) is 18.2 Å². The molecule has 1 aromatic heterocycles. The smallest absolute Gasteiger partial charge is 0.416 e. The normalized spacial score (nSPS) is 11.3. The molecule has 0 fully saturated rings. The first-order chi connectivity index (χ1) is 11.4.